The lowest BCUT2D eigenvalue weighted by molar-refractivity contribution is -0.385. The van der Waals surface area contributed by atoms with Crippen molar-refractivity contribution in [2.24, 2.45) is 7.05 Å². The standard InChI is InChI=1S/C30H28F2N6O4/c1-17-16-37(28-26-24(12-10-22(14-33)34-26)35(3)30(39)29(28)38(40)41)18(2)15-36(17)27(19-5-7-20(31)8-6-19)23-11-9-21(32)13-25(23)42-4/h5-13,17-18,27H,15-16H2,1-4H3/t17-,18+,27?/m1/s1. The molecule has 3 heterocycles. The first-order chi connectivity index (χ1) is 20.0. The summed E-state index contributed by atoms with van der Waals surface area (Å²) in [4.78, 5) is 33.1. The third-order valence-corrected chi connectivity index (χ3v) is 7.82. The maximum atomic E-state index is 14.2. The average molecular weight is 575 g/mol. The Morgan fingerprint density at radius 2 is 1.76 bits per heavy atom. The monoisotopic (exact) mass is 574 g/mol. The zero-order valence-corrected chi connectivity index (χ0v) is 23.4. The average Bonchev–Trinajstić information content (AvgIpc) is 2.97. The predicted octanol–water partition coefficient (Wildman–Crippen LogP) is 4.69. The van der Waals surface area contributed by atoms with Gasteiger partial charge in [0.1, 0.15) is 34.7 Å². The summed E-state index contributed by atoms with van der Waals surface area (Å²) in [6.45, 7) is 4.43. The molecule has 0 bridgehead atoms. The minimum absolute atomic E-state index is 0.0619. The zero-order chi connectivity index (χ0) is 30.3. The Hall–Kier alpha value is -4.89. The molecule has 0 spiro atoms. The smallest absolute Gasteiger partial charge is 0.359 e. The van der Waals surface area contributed by atoms with Crippen LogP contribution in [0.5, 0.6) is 5.75 Å². The third kappa shape index (κ3) is 4.92. The summed E-state index contributed by atoms with van der Waals surface area (Å²) < 4.78 is 34.8. The van der Waals surface area contributed by atoms with E-state index in [1.807, 2.05) is 19.9 Å². The molecule has 0 N–H and O–H groups in total. The number of benzene rings is 2. The number of pyridine rings is 2. The summed E-state index contributed by atoms with van der Waals surface area (Å²) in [5, 5.41) is 21.8. The number of anilines is 1. The number of nitriles is 1. The van der Waals surface area contributed by atoms with Crippen LogP contribution in [0.15, 0.2) is 59.4 Å². The van der Waals surface area contributed by atoms with Gasteiger partial charge in [-0.15, -0.1) is 0 Å². The molecule has 2 aromatic heterocycles. The number of halogens is 2. The molecule has 4 aromatic rings. The SMILES string of the molecule is COc1cc(F)ccc1C(c1ccc(F)cc1)N1C[C@H](C)N(c2c([N+](=O)[O-])c(=O)n(C)c3ccc(C#N)nc23)C[C@H]1C. The van der Waals surface area contributed by atoms with Gasteiger partial charge in [0.25, 0.3) is 0 Å². The van der Waals surface area contributed by atoms with Crippen LogP contribution in [0.25, 0.3) is 11.0 Å². The number of hydrogen-bond donors (Lipinski definition) is 0. The molecule has 1 saturated heterocycles. The van der Waals surface area contributed by atoms with Gasteiger partial charge in [0.2, 0.25) is 0 Å². The first kappa shape index (κ1) is 28.6. The summed E-state index contributed by atoms with van der Waals surface area (Å²) in [7, 11) is 2.88. The van der Waals surface area contributed by atoms with E-state index >= 15 is 0 Å². The summed E-state index contributed by atoms with van der Waals surface area (Å²) >= 11 is 0. The molecule has 2 aromatic carbocycles. The maximum Gasteiger partial charge on any atom is 0.359 e. The van der Waals surface area contributed by atoms with Crippen molar-refractivity contribution in [1.29, 1.82) is 5.26 Å². The molecule has 0 aliphatic carbocycles. The Balaban J connectivity index is 1.65. The molecule has 1 fully saturated rings. The highest BCUT2D eigenvalue weighted by Gasteiger charge is 2.40. The number of ether oxygens (including phenoxy) is 1. The van der Waals surface area contributed by atoms with E-state index in [9.17, 15) is 29.0 Å². The zero-order valence-electron chi connectivity index (χ0n) is 23.4. The van der Waals surface area contributed by atoms with Gasteiger partial charge in [-0.3, -0.25) is 19.8 Å². The van der Waals surface area contributed by atoms with Gasteiger partial charge in [-0.2, -0.15) is 5.26 Å². The Labute approximate surface area is 240 Å². The second-order valence-corrected chi connectivity index (χ2v) is 10.4. The number of fused-ring (bicyclic) bond motifs is 1. The lowest BCUT2D eigenvalue weighted by Gasteiger charge is -2.48. The normalized spacial score (nSPS) is 18.1. The van der Waals surface area contributed by atoms with Crippen molar-refractivity contribution in [2.45, 2.75) is 32.0 Å². The molecule has 10 nitrogen and oxygen atoms in total. The molecule has 1 aliphatic heterocycles. The highest BCUT2D eigenvalue weighted by Crippen LogP contribution is 2.41. The van der Waals surface area contributed by atoms with E-state index in [2.05, 4.69) is 9.88 Å². The second-order valence-electron chi connectivity index (χ2n) is 10.4. The van der Waals surface area contributed by atoms with Crippen molar-refractivity contribution in [2.75, 3.05) is 25.1 Å². The van der Waals surface area contributed by atoms with Crippen LogP contribution in [-0.4, -0.2) is 51.7 Å². The van der Waals surface area contributed by atoms with Crippen LogP contribution in [0.3, 0.4) is 0 Å². The van der Waals surface area contributed by atoms with E-state index in [1.54, 1.807) is 29.2 Å². The van der Waals surface area contributed by atoms with Gasteiger partial charge >= 0.3 is 11.2 Å². The van der Waals surface area contributed by atoms with Gasteiger partial charge in [0, 0.05) is 43.9 Å². The number of nitro groups is 1. The Kier molecular flexibility index (Phi) is 7.62. The van der Waals surface area contributed by atoms with Gasteiger partial charge < -0.3 is 14.2 Å². The summed E-state index contributed by atoms with van der Waals surface area (Å²) in [5.74, 6) is -0.536. The van der Waals surface area contributed by atoms with E-state index in [0.717, 1.165) is 5.56 Å². The number of aryl methyl sites for hydroxylation is 1. The van der Waals surface area contributed by atoms with Crippen molar-refractivity contribution in [1.82, 2.24) is 14.5 Å². The van der Waals surface area contributed by atoms with E-state index in [0.29, 0.717) is 23.4 Å². The lowest BCUT2D eigenvalue weighted by atomic mass is 9.92. The Morgan fingerprint density at radius 3 is 2.40 bits per heavy atom. The highest BCUT2D eigenvalue weighted by molar-refractivity contribution is 5.94. The van der Waals surface area contributed by atoms with Gasteiger partial charge in [0.15, 0.2) is 5.69 Å². The molecule has 1 unspecified atom stereocenters. The van der Waals surface area contributed by atoms with Crippen LogP contribution in [0.4, 0.5) is 20.2 Å². The van der Waals surface area contributed by atoms with E-state index in [4.69, 9.17) is 4.74 Å². The molecule has 0 amide bonds. The summed E-state index contributed by atoms with van der Waals surface area (Å²) in [6, 6.07) is 14.2. The van der Waals surface area contributed by atoms with Gasteiger partial charge in [-0.1, -0.05) is 18.2 Å². The Bertz CT molecular complexity index is 1790. The summed E-state index contributed by atoms with van der Waals surface area (Å²) in [5.41, 5.74) is 0.699. The highest BCUT2D eigenvalue weighted by atomic mass is 19.1. The number of rotatable bonds is 6. The third-order valence-electron chi connectivity index (χ3n) is 7.82. The molecular weight excluding hydrogens is 546 g/mol. The van der Waals surface area contributed by atoms with E-state index < -0.39 is 33.8 Å². The van der Waals surface area contributed by atoms with Crippen LogP contribution >= 0.6 is 0 Å². The fourth-order valence-corrected chi connectivity index (χ4v) is 5.81. The molecule has 0 saturated carbocycles. The number of nitrogens with zero attached hydrogens (tertiary/aromatic N) is 6. The number of aromatic nitrogens is 2. The molecule has 216 valence electrons. The molecule has 0 radical (unpaired) electrons. The molecular formula is C30H28F2N6O4. The van der Waals surface area contributed by atoms with Crippen molar-refractivity contribution in [3.05, 3.63) is 104 Å². The number of methoxy groups -OCH3 is 1. The largest absolute Gasteiger partial charge is 0.496 e. The van der Waals surface area contributed by atoms with Gasteiger partial charge in [-0.05, 0) is 49.7 Å². The number of piperazine rings is 1. The van der Waals surface area contributed by atoms with Crippen LogP contribution in [0.1, 0.15) is 36.7 Å². The van der Waals surface area contributed by atoms with Gasteiger partial charge in [-0.25, -0.2) is 13.8 Å². The molecule has 3 atom stereocenters. The fraction of sp³-hybridized carbons (Fsp3) is 0.300. The van der Waals surface area contributed by atoms with E-state index in [1.165, 1.54) is 49.1 Å². The number of hydrogen-bond acceptors (Lipinski definition) is 8. The maximum absolute atomic E-state index is 14.2. The molecule has 42 heavy (non-hydrogen) atoms. The van der Waals surface area contributed by atoms with Crippen LogP contribution in [0.2, 0.25) is 0 Å². The minimum Gasteiger partial charge on any atom is -0.496 e. The molecule has 5 rings (SSSR count). The fourth-order valence-electron chi connectivity index (χ4n) is 5.81. The molecule has 12 heteroatoms. The summed E-state index contributed by atoms with van der Waals surface area (Å²) in [6.07, 6.45) is 0. The predicted molar refractivity (Wildman–Crippen MR) is 153 cm³/mol. The molecule has 1 aliphatic rings. The first-order valence-electron chi connectivity index (χ1n) is 13.2. The van der Waals surface area contributed by atoms with Crippen LogP contribution in [-0.2, 0) is 7.05 Å². The first-order valence-corrected chi connectivity index (χ1v) is 13.2. The quantitative estimate of drug-likeness (QED) is 0.241. The van der Waals surface area contributed by atoms with Gasteiger partial charge in [0.05, 0.1) is 23.6 Å². The van der Waals surface area contributed by atoms with Crippen molar-refractivity contribution < 1.29 is 18.4 Å². The van der Waals surface area contributed by atoms with Crippen molar-refractivity contribution in [3.8, 4) is 11.8 Å². The van der Waals surface area contributed by atoms with E-state index in [-0.39, 0.29) is 35.5 Å². The van der Waals surface area contributed by atoms with Crippen LogP contribution in [0, 0.1) is 33.1 Å². The lowest BCUT2D eigenvalue weighted by Crippen LogP contribution is -2.58. The van der Waals surface area contributed by atoms with Crippen molar-refractivity contribution >= 4 is 22.4 Å². The minimum atomic E-state index is -0.781. The second kappa shape index (κ2) is 11.2. The van der Waals surface area contributed by atoms with Crippen molar-refractivity contribution in [3.63, 3.8) is 0 Å². The Morgan fingerprint density at radius 1 is 1.07 bits per heavy atom. The van der Waals surface area contributed by atoms with Crippen LogP contribution < -0.4 is 15.2 Å². The topological polar surface area (TPSA) is 118 Å².